The maximum absolute atomic E-state index is 6.17. The first-order valence-corrected chi connectivity index (χ1v) is 1.93. The van der Waals surface area contributed by atoms with Gasteiger partial charge in [0.15, 0.2) is 0 Å². The molecule has 0 saturated heterocycles. The van der Waals surface area contributed by atoms with E-state index in [2.05, 4.69) is 10.3 Å². The Morgan fingerprint density at radius 1 is 1.57 bits per heavy atom. The molecule has 0 radical (unpaired) electrons. The van der Waals surface area contributed by atoms with Crippen LogP contribution in [0.15, 0.2) is 22.5 Å². The summed E-state index contributed by atoms with van der Waals surface area (Å²) in [7, 11) is 0. The summed E-state index contributed by atoms with van der Waals surface area (Å²) in [4.78, 5) is 0. The van der Waals surface area contributed by atoms with E-state index in [1.807, 2.05) is 13.0 Å². The normalized spacial score (nSPS) is 11.0. The summed E-state index contributed by atoms with van der Waals surface area (Å²) >= 11 is 0. The molecule has 0 aliphatic heterocycles. The minimum absolute atomic E-state index is 1.45. The molecule has 0 aromatic rings. The zero-order valence-electron chi connectivity index (χ0n) is 4.13. The van der Waals surface area contributed by atoms with Gasteiger partial charge in [-0.2, -0.15) is 5.53 Å². The number of hydrogen-bond acceptors (Lipinski definition) is 2. The molecule has 0 amide bonds. The minimum atomic E-state index is 1.45. The van der Waals surface area contributed by atoms with Gasteiger partial charge < -0.3 is 0 Å². The second-order valence-corrected chi connectivity index (χ2v) is 0.890. The second-order valence-electron chi connectivity index (χ2n) is 0.890. The zero-order chi connectivity index (χ0) is 5.54. The second kappa shape index (κ2) is 5.01. The molecule has 0 aliphatic carbocycles. The van der Waals surface area contributed by atoms with Crippen molar-refractivity contribution in [2.75, 3.05) is 0 Å². The van der Waals surface area contributed by atoms with E-state index in [0.717, 1.165) is 0 Å². The quantitative estimate of drug-likeness (QED) is 0.309. The summed E-state index contributed by atoms with van der Waals surface area (Å²) in [5.41, 5.74) is 6.17. The highest BCUT2D eigenvalue weighted by molar-refractivity contribution is 5.70. The number of hydrogen-bond donors (Lipinski definition) is 1. The number of rotatable bonds is 2. The minimum Gasteiger partial charge on any atom is -0.185 e. The molecular weight excluding hydrogens is 90.1 g/mol. The number of allylic oxidation sites excluding steroid dienone is 2. The lowest BCUT2D eigenvalue weighted by atomic mass is 10.6. The van der Waals surface area contributed by atoms with Crippen molar-refractivity contribution in [1.29, 1.82) is 5.53 Å². The molecule has 0 atom stereocenters. The van der Waals surface area contributed by atoms with Crippen LogP contribution in [-0.4, -0.2) is 6.21 Å². The lowest BCUT2D eigenvalue weighted by molar-refractivity contribution is 0.997. The fourth-order valence-corrected chi connectivity index (χ4v) is 0.158. The average molecular weight is 97.1 g/mol. The van der Waals surface area contributed by atoms with Crippen LogP contribution in [0.3, 0.4) is 0 Å². The van der Waals surface area contributed by atoms with E-state index < -0.39 is 0 Å². The molecule has 0 saturated carbocycles. The first kappa shape index (κ1) is 6.01. The summed E-state index contributed by atoms with van der Waals surface area (Å²) in [6, 6.07) is 0. The van der Waals surface area contributed by atoms with Crippen LogP contribution in [0.1, 0.15) is 6.92 Å². The Hall–Kier alpha value is -0.990. The molecule has 0 unspecified atom stereocenters. The molecule has 3 heteroatoms. The molecule has 0 heterocycles. The maximum Gasteiger partial charge on any atom is 0.0510 e. The van der Waals surface area contributed by atoms with E-state index >= 15 is 0 Å². The Balaban J connectivity index is 3.27. The van der Waals surface area contributed by atoms with Gasteiger partial charge in [0.2, 0.25) is 0 Å². The molecule has 0 bridgehead atoms. The summed E-state index contributed by atoms with van der Waals surface area (Å²) in [6.45, 7) is 1.87. The van der Waals surface area contributed by atoms with Gasteiger partial charge in [-0.15, -0.1) is 5.10 Å². The molecule has 0 aromatic heterocycles. The molecule has 0 aliphatic rings. The van der Waals surface area contributed by atoms with Crippen molar-refractivity contribution in [3.63, 3.8) is 0 Å². The fourth-order valence-electron chi connectivity index (χ4n) is 0.158. The molecule has 0 rings (SSSR count). The van der Waals surface area contributed by atoms with Crippen LogP contribution in [-0.2, 0) is 0 Å². The predicted octanol–water partition coefficient (Wildman–Crippen LogP) is 1.58. The van der Waals surface area contributed by atoms with Crippen molar-refractivity contribution in [3.05, 3.63) is 12.2 Å². The molecule has 38 valence electrons. The number of nitrogens with zero attached hydrogens (tertiary/aromatic N) is 2. The van der Waals surface area contributed by atoms with Crippen LogP contribution < -0.4 is 0 Å². The van der Waals surface area contributed by atoms with Gasteiger partial charge in [-0.3, -0.25) is 0 Å². The molecule has 3 nitrogen and oxygen atoms in total. The molecule has 0 aromatic carbocycles. The topological polar surface area (TPSA) is 48.6 Å². The van der Waals surface area contributed by atoms with Gasteiger partial charge in [-0.05, 0) is 13.0 Å². The van der Waals surface area contributed by atoms with Crippen molar-refractivity contribution in [3.8, 4) is 0 Å². The Bertz CT molecular complexity index is 93.1. The molecular formula is C4H7N3. The van der Waals surface area contributed by atoms with Crippen LogP contribution in [0.5, 0.6) is 0 Å². The fraction of sp³-hybridized carbons (Fsp3) is 0.250. The van der Waals surface area contributed by atoms with Gasteiger partial charge in [0.1, 0.15) is 0 Å². The van der Waals surface area contributed by atoms with Gasteiger partial charge in [-0.25, -0.2) is 0 Å². The van der Waals surface area contributed by atoms with Gasteiger partial charge >= 0.3 is 0 Å². The van der Waals surface area contributed by atoms with Crippen LogP contribution in [0.2, 0.25) is 0 Å². The summed E-state index contributed by atoms with van der Waals surface area (Å²) < 4.78 is 0. The third-order valence-corrected chi connectivity index (χ3v) is 0.403. The van der Waals surface area contributed by atoms with E-state index in [0.29, 0.717) is 0 Å². The summed E-state index contributed by atoms with van der Waals surface area (Å²) in [5, 5.41) is 5.98. The molecule has 1 N–H and O–H groups in total. The van der Waals surface area contributed by atoms with E-state index in [-0.39, 0.29) is 0 Å². The molecule has 7 heavy (non-hydrogen) atoms. The third-order valence-electron chi connectivity index (χ3n) is 0.403. The van der Waals surface area contributed by atoms with E-state index in [1.54, 1.807) is 6.08 Å². The van der Waals surface area contributed by atoms with Crippen LogP contribution in [0.25, 0.3) is 0 Å². The Kier molecular flexibility index (Phi) is 4.30. The maximum atomic E-state index is 6.17. The molecule has 0 fully saturated rings. The highest BCUT2D eigenvalue weighted by atomic mass is 15.3. The Morgan fingerprint density at radius 3 is 2.71 bits per heavy atom. The summed E-state index contributed by atoms with van der Waals surface area (Å²) in [6.07, 6.45) is 4.97. The predicted molar refractivity (Wildman–Crippen MR) is 28.5 cm³/mol. The Morgan fingerprint density at radius 2 is 2.29 bits per heavy atom. The first-order chi connectivity index (χ1) is 3.41. The van der Waals surface area contributed by atoms with Crippen molar-refractivity contribution < 1.29 is 0 Å². The van der Waals surface area contributed by atoms with E-state index in [1.165, 1.54) is 6.21 Å². The lowest BCUT2D eigenvalue weighted by Crippen LogP contribution is -1.55. The number of nitrogens with one attached hydrogen (secondary N) is 1. The first-order valence-electron chi connectivity index (χ1n) is 1.93. The summed E-state index contributed by atoms with van der Waals surface area (Å²) in [5.74, 6) is 0. The SMILES string of the molecule is CC=CC=NN=N. The highest BCUT2D eigenvalue weighted by Crippen LogP contribution is 1.66. The Labute approximate surface area is 42.2 Å². The monoisotopic (exact) mass is 97.1 g/mol. The molecule has 0 spiro atoms. The van der Waals surface area contributed by atoms with Crippen molar-refractivity contribution in [1.82, 2.24) is 0 Å². The largest absolute Gasteiger partial charge is 0.185 e. The smallest absolute Gasteiger partial charge is 0.0510 e. The highest BCUT2D eigenvalue weighted by Gasteiger charge is 1.54. The van der Waals surface area contributed by atoms with E-state index in [4.69, 9.17) is 5.53 Å². The van der Waals surface area contributed by atoms with Crippen molar-refractivity contribution in [2.45, 2.75) is 6.92 Å². The van der Waals surface area contributed by atoms with E-state index in [9.17, 15) is 0 Å². The van der Waals surface area contributed by atoms with Crippen molar-refractivity contribution >= 4 is 6.21 Å². The van der Waals surface area contributed by atoms with Gasteiger partial charge in [-0.1, -0.05) is 11.3 Å². The lowest BCUT2D eigenvalue weighted by Gasteiger charge is -1.63. The van der Waals surface area contributed by atoms with Crippen LogP contribution >= 0.6 is 0 Å². The van der Waals surface area contributed by atoms with Crippen LogP contribution in [0.4, 0.5) is 0 Å². The van der Waals surface area contributed by atoms with Crippen LogP contribution in [0, 0.1) is 5.53 Å². The van der Waals surface area contributed by atoms with Gasteiger partial charge in [0, 0.05) is 0 Å². The standard InChI is InChI=1S/C4H7N3/c1-2-3-4-6-7-5/h2-5H,1H3. The van der Waals surface area contributed by atoms with Gasteiger partial charge in [0.25, 0.3) is 0 Å². The zero-order valence-corrected chi connectivity index (χ0v) is 4.13. The van der Waals surface area contributed by atoms with Crippen molar-refractivity contribution in [2.24, 2.45) is 10.3 Å². The average Bonchev–Trinajstić information content (AvgIpc) is 1.69. The van der Waals surface area contributed by atoms with Gasteiger partial charge in [0.05, 0.1) is 6.21 Å². The third kappa shape index (κ3) is 5.01.